The lowest BCUT2D eigenvalue weighted by Gasteiger charge is -2.35. The molecule has 1 fully saturated rings. The Morgan fingerprint density at radius 3 is 2.69 bits per heavy atom. The third-order valence-corrected chi connectivity index (χ3v) is 5.65. The van der Waals surface area contributed by atoms with Gasteiger partial charge < -0.3 is 9.72 Å². The lowest BCUT2D eigenvalue weighted by Crippen LogP contribution is -2.42. The lowest BCUT2D eigenvalue weighted by atomic mass is 9.92. The molecule has 0 aliphatic carbocycles. The number of aromatic amines is 1. The first kappa shape index (κ1) is 17.3. The molecule has 136 valence electrons. The summed E-state index contributed by atoms with van der Waals surface area (Å²) in [5, 5.41) is 1.36. The molecule has 1 saturated heterocycles. The van der Waals surface area contributed by atoms with E-state index in [1.165, 1.54) is 53.5 Å². The maximum absolute atomic E-state index is 5.34. The molecule has 1 aliphatic rings. The number of para-hydroxylation sites is 1. The van der Waals surface area contributed by atoms with Crippen molar-refractivity contribution in [1.82, 2.24) is 9.88 Å². The van der Waals surface area contributed by atoms with Crippen LogP contribution >= 0.6 is 0 Å². The van der Waals surface area contributed by atoms with Gasteiger partial charge in [-0.15, -0.1) is 0 Å². The zero-order valence-corrected chi connectivity index (χ0v) is 15.6. The summed E-state index contributed by atoms with van der Waals surface area (Å²) in [6.07, 6.45) is 5.01. The number of hydrogen-bond acceptors (Lipinski definition) is 2. The van der Waals surface area contributed by atoms with Gasteiger partial charge in [0.05, 0.1) is 6.61 Å². The molecule has 1 atom stereocenters. The fraction of sp³-hybridized carbons (Fsp3) is 0.391. The minimum atomic E-state index is 0.598. The number of likely N-dealkylation sites (tertiary alicyclic amines) is 1. The summed E-state index contributed by atoms with van der Waals surface area (Å²) in [6.45, 7) is 3.04. The SMILES string of the molecule is COCCN1CCCCC1Cc1c(-c2ccccc2)[nH]c2ccccc12. The third-order valence-electron chi connectivity index (χ3n) is 5.65. The molecule has 26 heavy (non-hydrogen) atoms. The molecule has 0 bridgehead atoms. The van der Waals surface area contributed by atoms with Crippen molar-refractivity contribution >= 4 is 10.9 Å². The van der Waals surface area contributed by atoms with Gasteiger partial charge in [-0.25, -0.2) is 0 Å². The summed E-state index contributed by atoms with van der Waals surface area (Å²) in [5.74, 6) is 0. The molecule has 0 spiro atoms. The van der Waals surface area contributed by atoms with Gasteiger partial charge in [0.2, 0.25) is 0 Å². The Morgan fingerprint density at radius 1 is 1.04 bits per heavy atom. The monoisotopic (exact) mass is 348 g/mol. The van der Waals surface area contributed by atoms with Crippen LogP contribution in [0.5, 0.6) is 0 Å². The number of benzene rings is 2. The van der Waals surface area contributed by atoms with Crippen molar-refractivity contribution in [2.24, 2.45) is 0 Å². The Labute approximate surface area is 156 Å². The maximum atomic E-state index is 5.34. The van der Waals surface area contributed by atoms with Crippen LogP contribution in [0.15, 0.2) is 54.6 Å². The Hall–Kier alpha value is -2.10. The van der Waals surface area contributed by atoms with Crippen molar-refractivity contribution in [3.05, 3.63) is 60.2 Å². The predicted octanol–water partition coefficient (Wildman–Crippen LogP) is 4.88. The van der Waals surface area contributed by atoms with E-state index >= 15 is 0 Å². The number of aromatic nitrogens is 1. The molecule has 1 aromatic heterocycles. The first-order chi connectivity index (χ1) is 12.9. The summed E-state index contributed by atoms with van der Waals surface area (Å²) < 4.78 is 5.34. The first-order valence-electron chi connectivity index (χ1n) is 9.75. The molecule has 2 aromatic carbocycles. The molecule has 0 saturated carbocycles. The lowest BCUT2D eigenvalue weighted by molar-refractivity contribution is 0.0961. The zero-order chi connectivity index (χ0) is 17.8. The molecule has 1 unspecified atom stereocenters. The molecule has 4 rings (SSSR count). The molecular weight excluding hydrogens is 320 g/mol. The maximum Gasteiger partial charge on any atom is 0.0589 e. The number of rotatable bonds is 6. The second-order valence-electron chi connectivity index (χ2n) is 7.27. The second kappa shape index (κ2) is 8.07. The molecule has 3 nitrogen and oxygen atoms in total. The number of fused-ring (bicyclic) bond motifs is 1. The fourth-order valence-electron chi connectivity index (χ4n) is 4.29. The van der Waals surface area contributed by atoms with Crippen LogP contribution in [0.3, 0.4) is 0 Å². The van der Waals surface area contributed by atoms with Gasteiger partial charge in [0.15, 0.2) is 0 Å². The summed E-state index contributed by atoms with van der Waals surface area (Å²) >= 11 is 0. The van der Waals surface area contributed by atoms with Crippen LogP contribution < -0.4 is 0 Å². The molecule has 3 heteroatoms. The summed E-state index contributed by atoms with van der Waals surface area (Å²) in [6, 6.07) is 20.0. The van der Waals surface area contributed by atoms with Gasteiger partial charge in [-0.2, -0.15) is 0 Å². The number of piperidine rings is 1. The van der Waals surface area contributed by atoms with E-state index in [2.05, 4.69) is 64.5 Å². The van der Waals surface area contributed by atoms with Crippen LogP contribution in [-0.4, -0.2) is 42.7 Å². The standard InChI is InChI=1S/C23H28N2O/c1-26-16-15-25-14-8-7-11-19(25)17-21-20-12-5-6-13-22(20)24-23(21)18-9-3-2-4-10-18/h2-6,9-10,12-13,19,24H,7-8,11,14-17H2,1H3. The highest BCUT2D eigenvalue weighted by Crippen LogP contribution is 2.33. The Morgan fingerprint density at radius 2 is 1.85 bits per heavy atom. The average molecular weight is 348 g/mol. The quantitative estimate of drug-likeness (QED) is 0.688. The van der Waals surface area contributed by atoms with Crippen LogP contribution in [0, 0.1) is 0 Å². The van der Waals surface area contributed by atoms with Gasteiger partial charge in [0.1, 0.15) is 0 Å². The molecule has 0 amide bonds. The number of hydrogen-bond donors (Lipinski definition) is 1. The zero-order valence-electron chi connectivity index (χ0n) is 15.6. The Bertz CT molecular complexity index is 840. The van der Waals surface area contributed by atoms with Crippen molar-refractivity contribution in [2.75, 3.05) is 26.8 Å². The first-order valence-corrected chi connectivity index (χ1v) is 9.75. The summed E-state index contributed by atoms with van der Waals surface area (Å²) in [4.78, 5) is 6.31. The Kier molecular flexibility index (Phi) is 5.37. The number of H-pyrrole nitrogens is 1. The molecular formula is C23H28N2O. The second-order valence-corrected chi connectivity index (χ2v) is 7.27. The third kappa shape index (κ3) is 3.55. The largest absolute Gasteiger partial charge is 0.383 e. The molecule has 1 N–H and O–H groups in total. The van der Waals surface area contributed by atoms with E-state index in [1.54, 1.807) is 7.11 Å². The van der Waals surface area contributed by atoms with Gasteiger partial charge in [-0.3, -0.25) is 4.90 Å². The van der Waals surface area contributed by atoms with E-state index < -0.39 is 0 Å². The summed E-state index contributed by atoms with van der Waals surface area (Å²) in [5.41, 5.74) is 5.25. The molecule has 2 heterocycles. The smallest absolute Gasteiger partial charge is 0.0589 e. The van der Waals surface area contributed by atoms with Crippen molar-refractivity contribution in [3.63, 3.8) is 0 Å². The molecule has 0 radical (unpaired) electrons. The van der Waals surface area contributed by atoms with E-state index in [0.29, 0.717) is 6.04 Å². The van der Waals surface area contributed by atoms with Gasteiger partial charge in [0.25, 0.3) is 0 Å². The van der Waals surface area contributed by atoms with Crippen molar-refractivity contribution in [1.29, 1.82) is 0 Å². The highest BCUT2D eigenvalue weighted by atomic mass is 16.5. The Balaban J connectivity index is 1.70. The highest BCUT2D eigenvalue weighted by Gasteiger charge is 2.25. The highest BCUT2D eigenvalue weighted by molar-refractivity contribution is 5.90. The van der Waals surface area contributed by atoms with Gasteiger partial charge >= 0.3 is 0 Å². The normalized spacial score (nSPS) is 18.4. The fourth-order valence-corrected chi connectivity index (χ4v) is 4.29. The molecule has 3 aromatic rings. The number of nitrogens with one attached hydrogen (secondary N) is 1. The van der Waals surface area contributed by atoms with E-state index in [1.807, 2.05) is 0 Å². The van der Waals surface area contributed by atoms with Gasteiger partial charge in [-0.05, 0) is 43.0 Å². The van der Waals surface area contributed by atoms with Crippen molar-refractivity contribution in [3.8, 4) is 11.3 Å². The van der Waals surface area contributed by atoms with Crippen LogP contribution in [0.2, 0.25) is 0 Å². The van der Waals surface area contributed by atoms with E-state index in [-0.39, 0.29) is 0 Å². The predicted molar refractivity (Wildman–Crippen MR) is 109 cm³/mol. The van der Waals surface area contributed by atoms with E-state index in [4.69, 9.17) is 4.74 Å². The minimum Gasteiger partial charge on any atom is -0.383 e. The van der Waals surface area contributed by atoms with E-state index in [9.17, 15) is 0 Å². The van der Waals surface area contributed by atoms with Crippen LogP contribution in [0.1, 0.15) is 24.8 Å². The number of ether oxygens (including phenoxy) is 1. The average Bonchev–Trinajstić information content (AvgIpc) is 3.07. The summed E-state index contributed by atoms with van der Waals surface area (Å²) in [7, 11) is 1.80. The number of nitrogens with zero attached hydrogens (tertiary/aromatic N) is 1. The minimum absolute atomic E-state index is 0.598. The number of methoxy groups -OCH3 is 1. The van der Waals surface area contributed by atoms with Crippen LogP contribution in [-0.2, 0) is 11.2 Å². The van der Waals surface area contributed by atoms with Gasteiger partial charge in [-0.1, -0.05) is 55.0 Å². The van der Waals surface area contributed by atoms with Crippen molar-refractivity contribution < 1.29 is 4.74 Å². The van der Waals surface area contributed by atoms with Crippen molar-refractivity contribution in [2.45, 2.75) is 31.7 Å². The molecule has 1 aliphatic heterocycles. The van der Waals surface area contributed by atoms with Gasteiger partial charge in [0, 0.05) is 36.3 Å². The van der Waals surface area contributed by atoms with Crippen LogP contribution in [0.25, 0.3) is 22.2 Å². The van der Waals surface area contributed by atoms with E-state index in [0.717, 1.165) is 19.6 Å². The topological polar surface area (TPSA) is 28.3 Å². The van der Waals surface area contributed by atoms with Crippen LogP contribution in [0.4, 0.5) is 0 Å².